The van der Waals surface area contributed by atoms with Crippen molar-refractivity contribution in [1.29, 1.82) is 0 Å². The molecule has 3 heteroatoms. The van der Waals surface area contributed by atoms with Crippen LogP contribution in [0.25, 0.3) is 0 Å². The average molecular weight is 287 g/mol. The lowest BCUT2D eigenvalue weighted by molar-refractivity contribution is 0.0519. The van der Waals surface area contributed by atoms with Gasteiger partial charge >= 0.3 is 0 Å². The van der Waals surface area contributed by atoms with Crippen LogP contribution in [0.3, 0.4) is 0 Å². The molecule has 2 aromatic rings. The van der Waals surface area contributed by atoms with E-state index in [0.717, 1.165) is 4.88 Å². The van der Waals surface area contributed by atoms with E-state index in [2.05, 4.69) is 35.6 Å². The molecule has 0 spiro atoms. The zero-order valence-corrected chi connectivity index (χ0v) is 12.6. The topological polar surface area (TPSA) is 32.3 Å². The maximum absolute atomic E-state index is 10.5. The van der Waals surface area contributed by atoms with E-state index in [9.17, 15) is 5.11 Å². The summed E-state index contributed by atoms with van der Waals surface area (Å²) in [5, 5.41) is 16.1. The monoisotopic (exact) mass is 287 g/mol. The first-order valence-corrected chi connectivity index (χ1v) is 8.09. The largest absolute Gasteiger partial charge is 0.383 e. The van der Waals surface area contributed by atoms with Crippen LogP contribution in [-0.2, 0) is 5.60 Å². The predicted molar refractivity (Wildman–Crippen MR) is 84.1 cm³/mol. The average Bonchev–Trinajstić information content (AvgIpc) is 2.93. The number of nitrogens with one attached hydrogen (secondary N) is 1. The Hall–Kier alpha value is -1.16. The lowest BCUT2D eigenvalue weighted by Gasteiger charge is -2.39. The van der Waals surface area contributed by atoms with E-state index in [1.165, 1.54) is 18.4 Å². The predicted octanol–water partition coefficient (Wildman–Crippen LogP) is 3.49. The quantitative estimate of drug-likeness (QED) is 0.882. The van der Waals surface area contributed by atoms with Crippen LogP contribution in [0, 0.1) is 0 Å². The fourth-order valence-corrected chi connectivity index (χ4v) is 3.63. The van der Waals surface area contributed by atoms with Crippen LogP contribution in [0.1, 0.15) is 36.1 Å². The first-order valence-electron chi connectivity index (χ1n) is 7.21. The molecule has 1 aliphatic carbocycles. The van der Waals surface area contributed by atoms with Gasteiger partial charge in [0.15, 0.2) is 0 Å². The van der Waals surface area contributed by atoms with Gasteiger partial charge in [-0.1, -0.05) is 36.4 Å². The highest BCUT2D eigenvalue weighted by molar-refractivity contribution is 7.10. The molecule has 0 amide bonds. The van der Waals surface area contributed by atoms with Gasteiger partial charge in [0.25, 0.3) is 0 Å². The molecule has 3 rings (SSSR count). The van der Waals surface area contributed by atoms with Crippen LogP contribution < -0.4 is 5.32 Å². The molecule has 0 radical (unpaired) electrons. The van der Waals surface area contributed by atoms with Crippen molar-refractivity contribution in [2.45, 2.75) is 37.3 Å². The van der Waals surface area contributed by atoms with Gasteiger partial charge in [0.05, 0.1) is 0 Å². The van der Waals surface area contributed by atoms with E-state index in [1.54, 1.807) is 11.3 Å². The number of hydrogen-bond donors (Lipinski definition) is 2. The Morgan fingerprint density at radius 2 is 2.00 bits per heavy atom. The van der Waals surface area contributed by atoms with Gasteiger partial charge in [-0.25, -0.2) is 0 Å². The molecule has 1 fully saturated rings. The van der Waals surface area contributed by atoms with E-state index in [-0.39, 0.29) is 0 Å². The molecule has 0 aliphatic heterocycles. The Morgan fingerprint density at radius 3 is 2.60 bits per heavy atom. The minimum Gasteiger partial charge on any atom is -0.383 e. The Kier molecular flexibility index (Phi) is 3.92. The highest BCUT2D eigenvalue weighted by Gasteiger charge is 2.34. The molecule has 1 heterocycles. The Bertz CT molecular complexity index is 535. The number of thiophene rings is 1. The zero-order valence-electron chi connectivity index (χ0n) is 11.8. The molecule has 0 unspecified atom stereocenters. The number of rotatable bonds is 5. The second-order valence-electron chi connectivity index (χ2n) is 5.83. The summed E-state index contributed by atoms with van der Waals surface area (Å²) < 4.78 is 0. The van der Waals surface area contributed by atoms with Gasteiger partial charge in [0.2, 0.25) is 0 Å². The Balaban J connectivity index is 1.59. The summed E-state index contributed by atoms with van der Waals surface area (Å²) in [6.07, 6.45) is 2.43. The normalized spacial score (nSPS) is 24.9. The van der Waals surface area contributed by atoms with Crippen LogP contribution in [0.2, 0.25) is 0 Å². The summed E-state index contributed by atoms with van der Waals surface area (Å²) in [4.78, 5) is 1.03. The van der Waals surface area contributed by atoms with E-state index < -0.39 is 5.60 Å². The van der Waals surface area contributed by atoms with Crippen molar-refractivity contribution in [3.63, 3.8) is 0 Å². The summed E-state index contributed by atoms with van der Waals surface area (Å²) in [5.74, 6) is 0.593. The molecule has 1 aromatic carbocycles. The van der Waals surface area contributed by atoms with Crippen molar-refractivity contribution < 1.29 is 5.11 Å². The number of hydrogen-bond acceptors (Lipinski definition) is 3. The van der Waals surface area contributed by atoms with Gasteiger partial charge < -0.3 is 10.4 Å². The van der Waals surface area contributed by atoms with Crippen molar-refractivity contribution in [3.8, 4) is 0 Å². The Morgan fingerprint density at radius 1 is 1.20 bits per heavy atom. The third-order valence-corrected chi connectivity index (χ3v) is 5.39. The summed E-state index contributed by atoms with van der Waals surface area (Å²) in [7, 11) is 0. The van der Waals surface area contributed by atoms with Gasteiger partial charge in [-0.2, -0.15) is 0 Å². The lowest BCUT2D eigenvalue weighted by Crippen LogP contribution is -2.47. The molecule has 0 bridgehead atoms. The summed E-state index contributed by atoms with van der Waals surface area (Å²) in [5.41, 5.74) is 0.636. The van der Waals surface area contributed by atoms with E-state index in [4.69, 9.17) is 0 Å². The standard InChI is InChI=1S/C17H21NOS/c1-17(19,16-8-5-11-20-16)12-18-15-10-9-14(15)13-6-3-2-4-7-13/h2-8,11,14-15,18-19H,9-10,12H2,1H3/t14-,15+,17-/m0/s1. The molecule has 2 nitrogen and oxygen atoms in total. The fraction of sp³-hybridized carbons (Fsp3) is 0.412. The van der Waals surface area contributed by atoms with Crippen LogP contribution in [-0.4, -0.2) is 17.7 Å². The van der Waals surface area contributed by atoms with Crippen LogP contribution >= 0.6 is 11.3 Å². The maximum atomic E-state index is 10.5. The number of benzene rings is 1. The van der Waals surface area contributed by atoms with Crippen LogP contribution in [0.5, 0.6) is 0 Å². The lowest BCUT2D eigenvalue weighted by atomic mass is 9.75. The molecule has 1 aliphatic rings. The zero-order chi connectivity index (χ0) is 14.0. The molecular formula is C17H21NOS. The van der Waals surface area contributed by atoms with Crippen molar-refractivity contribution in [2.24, 2.45) is 0 Å². The fourth-order valence-electron chi connectivity index (χ4n) is 2.85. The highest BCUT2D eigenvalue weighted by Crippen LogP contribution is 2.37. The van der Waals surface area contributed by atoms with Gasteiger partial charge in [0, 0.05) is 17.5 Å². The smallest absolute Gasteiger partial charge is 0.108 e. The van der Waals surface area contributed by atoms with Crippen molar-refractivity contribution >= 4 is 11.3 Å². The molecular weight excluding hydrogens is 266 g/mol. The second-order valence-corrected chi connectivity index (χ2v) is 6.78. The van der Waals surface area contributed by atoms with E-state index in [0.29, 0.717) is 18.5 Å². The summed E-state index contributed by atoms with van der Waals surface area (Å²) >= 11 is 1.61. The molecule has 20 heavy (non-hydrogen) atoms. The summed E-state index contributed by atoms with van der Waals surface area (Å²) in [6.45, 7) is 2.50. The maximum Gasteiger partial charge on any atom is 0.108 e. The van der Waals surface area contributed by atoms with Crippen molar-refractivity contribution in [3.05, 3.63) is 58.3 Å². The minimum absolute atomic E-state index is 0.490. The van der Waals surface area contributed by atoms with Gasteiger partial charge in [0.1, 0.15) is 5.60 Å². The van der Waals surface area contributed by atoms with Crippen LogP contribution in [0.4, 0.5) is 0 Å². The third-order valence-electron chi connectivity index (χ3n) is 4.26. The highest BCUT2D eigenvalue weighted by atomic mass is 32.1. The molecule has 2 N–H and O–H groups in total. The summed E-state index contributed by atoms with van der Waals surface area (Å²) in [6, 6.07) is 15.2. The van der Waals surface area contributed by atoms with Crippen LogP contribution in [0.15, 0.2) is 47.8 Å². The first kappa shape index (κ1) is 13.8. The SMILES string of the molecule is C[C@](O)(CN[C@@H]1CC[C@H]1c1ccccc1)c1cccs1. The third kappa shape index (κ3) is 2.80. The number of aliphatic hydroxyl groups is 1. The molecule has 1 aromatic heterocycles. The molecule has 3 atom stereocenters. The van der Waals surface area contributed by atoms with Gasteiger partial charge in [-0.3, -0.25) is 0 Å². The minimum atomic E-state index is -0.773. The van der Waals surface area contributed by atoms with Gasteiger partial charge in [-0.15, -0.1) is 11.3 Å². The first-order chi connectivity index (χ1) is 9.67. The molecule has 0 saturated heterocycles. The second kappa shape index (κ2) is 5.68. The molecule has 1 saturated carbocycles. The van der Waals surface area contributed by atoms with Crippen molar-refractivity contribution in [1.82, 2.24) is 5.32 Å². The molecule has 106 valence electrons. The van der Waals surface area contributed by atoms with Crippen molar-refractivity contribution in [2.75, 3.05) is 6.54 Å². The Labute approximate surface area is 124 Å². The van der Waals surface area contributed by atoms with E-state index in [1.807, 2.05) is 24.4 Å². The van der Waals surface area contributed by atoms with Gasteiger partial charge in [-0.05, 0) is 42.7 Å². The van der Waals surface area contributed by atoms with E-state index >= 15 is 0 Å².